The van der Waals surface area contributed by atoms with Gasteiger partial charge in [-0.25, -0.2) is 4.98 Å². The van der Waals surface area contributed by atoms with Crippen molar-refractivity contribution in [3.63, 3.8) is 0 Å². The van der Waals surface area contributed by atoms with Gasteiger partial charge in [0, 0.05) is 26.2 Å². The SMILES string of the molecule is CCN1CCN(C(=O)c2ccc(Nc3c(Cl)cccc3Cl)cn2)CC1. The molecule has 0 saturated carbocycles. The molecule has 2 heterocycles. The highest BCUT2D eigenvalue weighted by Crippen LogP contribution is 2.32. The molecular weight excluding hydrogens is 359 g/mol. The van der Waals surface area contributed by atoms with E-state index in [0.29, 0.717) is 21.4 Å². The molecule has 1 N–H and O–H groups in total. The van der Waals surface area contributed by atoms with Crippen molar-refractivity contribution in [1.82, 2.24) is 14.8 Å². The number of halogens is 2. The average molecular weight is 379 g/mol. The summed E-state index contributed by atoms with van der Waals surface area (Å²) >= 11 is 12.3. The second-order valence-electron chi connectivity index (χ2n) is 5.88. The molecule has 1 aromatic heterocycles. The van der Waals surface area contributed by atoms with Gasteiger partial charge in [0.15, 0.2) is 0 Å². The fourth-order valence-electron chi connectivity index (χ4n) is 2.79. The highest BCUT2D eigenvalue weighted by molar-refractivity contribution is 6.39. The number of para-hydroxylation sites is 1. The van der Waals surface area contributed by atoms with E-state index in [1.165, 1.54) is 0 Å². The number of amides is 1. The molecule has 0 atom stereocenters. The quantitative estimate of drug-likeness (QED) is 0.875. The highest BCUT2D eigenvalue weighted by atomic mass is 35.5. The maximum Gasteiger partial charge on any atom is 0.272 e. The summed E-state index contributed by atoms with van der Waals surface area (Å²) in [4.78, 5) is 21.0. The smallest absolute Gasteiger partial charge is 0.272 e. The van der Waals surface area contributed by atoms with Crippen molar-refractivity contribution < 1.29 is 4.79 Å². The number of nitrogens with zero attached hydrogens (tertiary/aromatic N) is 3. The Labute approximate surface area is 157 Å². The maximum atomic E-state index is 12.6. The Balaban J connectivity index is 1.67. The van der Waals surface area contributed by atoms with E-state index >= 15 is 0 Å². The van der Waals surface area contributed by atoms with Crippen molar-refractivity contribution >= 4 is 40.5 Å². The molecule has 132 valence electrons. The summed E-state index contributed by atoms with van der Waals surface area (Å²) < 4.78 is 0. The van der Waals surface area contributed by atoms with Gasteiger partial charge in [-0.1, -0.05) is 36.2 Å². The molecule has 0 spiro atoms. The molecule has 3 rings (SSSR count). The number of likely N-dealkylation sites (N-methyl/N-ethyl adjacent to an activating group) is 1. The molecule has 1 aromatic carbocycles. The zero-order valence-electron chi connectivity index (χ0n) is 14.0. The predicted octanol–water partition coefficient (Wildman–Crippen LogP) is 3.91. The van der Waals surface area contributed by atoms with Crippen molar-refractivity contribution in [1.29, 1.82) is 0 Å². The van der Waals surface area contributed by atoms with E-state index in [2.05, 4.69) is 22.1 Å². The minimum Gasteiger partial charge on any atom is -0.352 e. The minimum atomic E-state index is -0.0296. The molecule has 0 radical (unpaired) electrons. The van der Waals surface area contributed by atoms with Gasteiger partial charge in [-0.2, -0.15) is 0 Å². The first-order chi connectivity index (χ1) is 12.1. The molecule has 1 aliphatic rings. The summed E-state index contributed by atoms with van der Waals surface area (Å²) in [6.45, 7) is 6.45. The Hall–Kier alpha value is -1.82. The Morgan fingerprint density at radius 1 is 1.12 bits per heavy atom. The van der Waals surface area contributed by atoms with Crippen LogP contribution >= 0.6 is 23.2 Å². The molecule has 0 unspecified atom stereocenters. The molecule has 1 fully saturated rings. The van der Waals surface area contributed by atoms with E-state index in [0.717, 1.165) is 38.4 Å². The normalized spacial score (nSPS) is 15.2. The van der Waals surface area contributed by atoms with Crippen LogP contribution < -0.4 is 5.32 Å². The zero-order chi connectivity index (χ0) is 17.8. The molecule has 0 aliphatic carbocycles. The van der Waals surface area contributed by atoms with Crippen LogP contribution in [0.2, 0.25) is 10.0 Å². The lowest BCUT2D eigenvalue weighted by Gasteiger charge is -2.33. The summed E-state index contributed by atoms with van der Waals surface area (Å²) in [6, 6.07) is 8.84. The standard InChI is InChI=1S/C18H20Cl2N4O/c1-2-23-8-10-24(11-9-23)18(25)16-7-6-13(12-21-16)22-17-14(19)4-3-5-15(17)20/h3-7,12,22H,2,8-11H2,1H3. The fourth-order valence-corrected chi connectivity index (χ4v) is 3.28. The van der Waals surface area contributed by atoms with Gasteiger partial charge in [0.1, 0.15) is 5.69 Å². The lowest BCUT2D eigenvalue weighted by Crippen LogP contribution is -2.48. The number of nitrogens with one attached hydrogen (secondary N) is 1. The van der Waals surface area contributed by atoms with Gasteiger partial charge < -0.3 is 15.1 Å². The second kappa shape index (κ2) is 8.04. The van der Waals surface area contributed by atoms with Gasteiger partial charge in [-0.3, -0.25) is 4.79 Å². The Morgan fingerprint density at radius 3 is 2.36 bits per heavy atom. The van der Waals surface area contributed by atoms with Crippen LogP contribution in [-0.4, -0.2) is 53.4 Å². The fraction of sp³-hybridized carbons (Fsp3) is 0.333. The number of pyridine rings is 1. The van der Waals surface area contributed by atoms with Crippen LogP contribution in [0.1, 0.15) is 17.4 Å². The summed E-state index contributed by atoms with van der Waals surface area (Å²) in [6.07, 6.45) is 1.62. The molecule has 1 saturated heterocycles. The van der Waals surface area contributed by atoms with Gasteiger partial charge in [0.05, 0.1) is 27.6 Å². The monoisotopic (exact) mass is 378 g/mol. The Bertz CT molecular complexity index is 723. The lowest BCUT2D eigenvalue weighted by molar-refractivity contribution is 0.0637. The van der Waals surface area contributed by atoms with E-state index in [1.54, 1.807) is 30.5 Å². The maximum absolute atomic E-state index is 12.6. The van der Waals surface area contributed by atoms with Gasteiger partial charge in [0.25, 0.3) is 5.91 Å². The Morgan fingerprint density at radius 2 is 1.80 bits per heavy atom. The zero-order valence-corrected chi connectivity index (χ0v) is 15.5. The minimum absolute atomic E-state index is 0.0296. The van der Waals surface area contributed by atoms with Gasteiger partial charge in [0.2, 0.25) is 0 Å². The van der Waals surface area contributed by atoms with Crippen molar-refractivity contribution in [2.24, 2.45) is 0 Å². The van der Waals surface area contributed by atoms with Crippen LogP contribution in [-0.2, 0) is 0 Å². The first-order valence-corrected chi connectivity index (χ1v) is 9.03. The third-order valence-electron chi connectivity index (χ3n) is 4.32. The number of hydrogen-bond donors (Lipinski definition) is 1. The predicted molar refractivity (Wildman–Crippen MR) is 102 cm³/mol. The third kappa shape index (κ3) is 4.24. The number of anilines is 2. The van der Waals surface area contributed by atoms with Crippen molar-refractivity contribution in [2.75, 3.05) is 38.0 Å². The van der Waals surface area contributed by atoms with Crippen molar-refractivity contribution in [3.05, 3.63) is 52.3 Å². The molecule has 5 nitrogen and oxygen atoms in total. The third-order valence-corrected chi connectivity index (χ3v) is 4.95. The number of carbonyl (C=O) groups excluding carboxylic acids is 1. The van der Waals surface area contributed by atoms with E-state index < -0.39 is 0 Å². The molecule has 25 heavy (non-hydrogen) atoms. The van der Waals surface area contributed by atoms with Gasteiger partial charge >= 0.3 is 0 Å². The molecule has 7 heteroatoms. The van der Waals surface area contributed by atoms with Crippen LogP contribution in [0.4, 0.5) is 11.4 Å². The largest absolute Gasteiger partial charge is 0.352 e. The van der Waals surface area contributed by atoms with Crippen LogP contribution in [0.25, 0.3) is 0 Å². The van der Waals surface area contributed by atoms with Gasteiger partial charge in [-0.05, 0) is 30.8 Å². The van der Waals surface area contributed by atoms with E-state index in [9.17, 15) is 4.79 Å². The number of aromatic nitrogens is 1. The second-order valence-corrected chi connectivity index (χ2v) is 6.69. The van der Waals surface area contributed by atoms with E-state index in [1.807, 2.05) is 11.0 Å². The first-order valence-electron chi connectivity index (χ1n) is 8.27. The topological polar surface area (TPSA) is 48.5 Å². The van der Waals surface area contributed by atoms with Crippen LogP contribution in [0.3, 0.4) is 0 Å². The van der Waals surface area contributed by atoms with Crippen LogP contribution in [0.5, 0.6) is 0 Å². The van der Waals surface area contributed by atoms with Crippen molar-refractivity contribution in [2.45, 2.75) is 6.92 Å². The van der Waals surface area contributed by atoms with Gasteiger partial charge in [-0.15, -0.1) is 0 Å². The van der Waals surface area contributed by atoms with E-state index in [4.69, 9.17) is 23.2 Å². The molecule has 0 bridgehead atoms. The highest BCUT2D eigenvalue weighted by Gasteiger charge is 2.22. The molecule has 1 aliphatic heterocycles. The molecule has 1 amide bonds. The Kier molecular flexibility index (Phi) is 5.78. The summed E-state index contributed by atoms with van der Waals surface area (Å²) in [7, 11) is 0. The number of benzene rings is 1. The average Bonchev–Trinajstić information content (AvgIpc) is 2.65. The number of carbonyl (C=O) groups is 1. The number of piperazine rings is 1. The molecular formula is C18H20Cl2N4O. The number of hydrogen-bond acceptors (Lipinski definition) is 4. The first kappa shape index (κ1) is 18.0. The van der Waals surface area contributed by atoms with Crippen LogP contribution in [0, 0.1) is 0 Å². The lowest BCUT2D eigenvalue weighted by atomic mass is 10.2. The summed E-state index contributed by atoms with van der Waals surface area (Å²) in [5, 5.41) is 4.20. The van der Waals surface area contributed by atoms with Crippen molar-refractivity contribution in [3.8, 4) is 0 Å². The number of rotatable bonds is 4. The van der Waals surface area contributed by atoms with E-state index in [-0.39, 0.29) is 5.91 Å². The van der Waals surface area contributed by atoms with Crippen LogP contribution in [0.15, 0.2) is 36.5 Å². The molecule has 2 aromatic rings. The summed E-state index contributed by atoms with van der Waals surface area (Å²) in [5.74, 6) is -0.0296. The summed E-state index contributed by atoms with van der Waals surface area (Å²) in [5.41, 5.74) is 1.80.